The molecule has 174 valence electrons. The molecule has 1 atom stereocenters. The average Bonchev–Trinajstić information content (AvgIpc) is 2.79. The van der Waals surface area contributed by atoms with Gasteiger partial charge in [-0.05, 0) is 62.4 Å². The maximum absolute atomic E-state index is 13.6. The zero-order valence-electron chi connectivity index (χ0n) is 18.9. The Morgan fingerprint density at radius 2 is 1.91 bits per heavy atom. The molecule has 33 heavy (non-hydrogen) atoms. The number of amides is 1. The van der Waals surface area contributed by atoms with Crippen LogP contribution in [0.1, 0.15) is 54.2 Å². The van der Waals surface area contributed by atoms with Crippen molar-refractivity contribution in [2.45, 2.75) is 52.0 Å². The van der Waals surface area contributed by atoms with Crippen LogP contribution >= 0.6 is 12.4 Å². The van der Waals surface area contributed by atoms with Crippen molar-refractivity contribution in [3.05, 3.63) is 59.4 Å². The summed E-state index contributed by atoms with van der Waals surface area (Å²) in [5.41, 5.74) is 4.13. The van der Waals surface area contributed by atoms with Gasteiger partial charge in [-0.25, -0.2) is 9.97 Å². The molecule has 1 amide bonds. The van der Waals surface area contributed by atoms with Crippen molar-refractivity contribution in [2.24, 2.45) is 0 Å². The predicted octanol–water partition coefficient (Wildman–Crippen LogP) is 5.14. The van der Waals surface area contributed by atoms with Gasteiger partial charge in [0.15, 0.2) is 5.65 Å². The highest BCUT2D eigenvalue weighted by molar-refractivity contribution is 6.07. The number of aliphatic carboxylic acids is 1. The van der Waals surface area contributed by atoms with E-state index in [1.54, 1.807) is 18.3 Å². The third-order valence-electron chi connectivity index (χ3n) is 6.04. The van der Waals surface area contributed by atoms with Crippen molar-refractivity contribution in [2.75, 3.05) is 11.9 Å². The first-order valence-electron chi connectivity index (χ1n) is 11.1. The van der Waals surface area contributed by atoms with Crippen LogP contribution in [0.4, 0.5) is 11.4 Å². The van der Waals surface area contributed by atoms with Gasteiger partial charge in [0.05, 0.1) is 17.7 Å². The van der Waals surface area contributed by atoms with E-state index in [0.29, 0.717) is 16.9 Å². The Kier molecular flexibility index (Phi) is 7.87. The maximum Gasteiger partial charge on any atom is 0.307 e. The third kappa shape index (κ3) is 5.42. The number of benzene rings is 1. The molecule has 1 aromatic carbocycles. The van der Waals surface area contributed by atoms with Crippen LogP contribution in [0, 0.1) is 6.92 Å². The lowest BCUT2D eigenvalue weighted by Crippen LogP contribution is -2.43. The fraction of sp³-hybridized carbons (Fsp3) is 0.360. The number of hydrogen-bond acceptors (Lipinski definition) is 5. The van der Waals surface area contributed by atoms with Gasteiger partial charge in [-0.15, -0.1) is 12.4 Å². The predicted molar refractivity (Wildman–Crippen MR) is 132 cm³/mol. The minimum absolute atomic E-state index is 0. The van der Waals surface area contributed by atoms with Crippen LogP contribution in [0.25, 0.3) is 11.0 Å². The lowest BCUT2D eigenvalue weighted by Gasteiger charge is -2.35. The number of halogens is 1. The molecule has 0 bridgehead atoms. The minimum Gasteiger partial charge on any atom is -0.481 e. The summed E-state index contributed by atoms with van der Waals surface area (Å²) in [6.07, 6.45) is 5.71. The Balaban J connectivity index is 0.00000306. The lowest BCUT2D eigenvalue weighted by atomic mass is 9.98. The first-order valence-corrected chi connectivity index (χ1v) is 11.1. The van der Waals surface area contributed by atoms with Crippen molar-refractivity contribution in [3.8, 4) is 0 Å². The van der Waals surface area contributed by atoms with Gasteiger partial charge in [-0.1, -0.05) is 19.1 Å². The van der Waals surface area contributed by atoms with Crippen LogP contribution in [0.15, 0.2) is 42.6 Å². The number of fused-ring (bicyclic) bond motifs is 1. The largest absolute Gasteiger partial charge is 0.481 e. The number of aromatic nitrogens is 2. The molecule has 1 aliphatic heterocycles. The number of anilines is 2. The van der Waals surface area contributed by atoms with Crippen LogP contribution in [-0.2, 0) is 11.2 Å². The number of aryl methyl sites for hydroxylation is 1. The van der Waals surface area contributed by atoms with Crippen LogP contribution in [-0.4, -0.2) is 44.4 Å². The van der Waals surface area contributed by atoms with Crippen molar-refractivity contribution < 1.29 is 14.7 Å². The number of carbonyl (C=O) groups is 2. The van der Waals surface area contributed by atoms with Gasteiger partial charge < -0.3 is 15.3 Å². The molecule has 0 radical (unpaired) electrons. The minimum atomic E-state index is -0.868. The number of nitrogens with zero attached hydrogens (tertiary/aromatic N) is 3. The number of rotatable bonds is 6. The molecule has 0 saturated carbocycles. The van der Waals surface area contributed by atoms with Gasteiger partial charge in [-0.2, -0.15) is 0 Å². The molecule has 1 unspecified atom stereocenters. The van der Waals surface area contributed by atoms with Crippen LogP contribution in [0.2, 0.25) is 0 Å². The van der Waals surface area contributed by atoms with E-state index in [-0.39, 0.29) is 30.8 Å². The van der Waals surface area contributed by atoms with Gasteiger partial charge >= 0.3 is 5.97 Å². The molecule has 7 nitrogen and oxygen atoms in total. The second kappa shape index (κ2) is 10.6. The second-order valence-corrected chi connectivity index (χ2v) is 8.32. The Labute approximate surface area is 199 Å². The van der Waals surface area contributed by atoms with E-state index in [0.717, 1.165) is 54.6 Å². The summed E-state index contributed by atoms with van der Waals surface area (Å²) in [5, 5.41) is 13.2. The number of hydrogen-bond donors (Lipinski definition) is 2. The van der Waals surface area contributed by atoms with E-state index in [4.69, 9.17) is 5.11 Å². The molecule has 3 heterocycles. The molecule has 8 heteroatoms. The molecular formula is C25H29ClN4O3. The number of piperidine rings is 1. The summed E-state index contributed by atoms with van der Waals surface area (Å²) in [6, 6.07) is 11.3. The topological polar surface area (TPSA) is 95.4 Å². The van der Waals surface area contributed by atoms with E-state index in [1.807, 2.05) is 36.1 Å². The Morgan fingerprint density at radius 3 is 2.61 bits per heavy atom. The Morgan fingerprint density at radius 1 is 1.15 bits per heavy atom. The molecule has 1 aliphatic rings. The summed E-state index contributed by atoms with van der Waals surface area (Å²) >= 11 is 0. The Bertz CT molecular complexity index is 1150. The number of likely N-dealkylation sites (tertiary alicyclic amines) is 1. The maximum atomic E-state index is 13.6. The number of pyridine rings is 2. The Hall–Kier alpha value is -3.19. The first kappa shape index (κ1) is 24.5. The number of carboxylic acid groups (broad SMARTS) is 1. The van der Waals surface area contributed by atoms with Gasteiger partial charge in [-0.3, -0.25) is 9.59 Å². The monoisotopic (exact) mass is 468 g/mol. The molecule has 3 aromatic rings. The van der Waals surface area contributed by atoms with Gasteiger partial charge in [0.1, 0.15) is 0 Å². The van der Waals surface area contributed by atoms with Crippen molar-refractivity contribution in [3.63, 3.8) is 0 Å². The third-order valence-corrected chi connectivity index (χ3v) is 6.04. The first-order chi connectivity index (χ1) is 15.5. The SMILES string of the molecule is CCC1CCCCN1C(=O)c1cnc2nc(C)ccc2c1Nc1ccc(CC(=O)O)cc1.Cl. The van der Waals surface area contributed by atoms with Crippen molar-refractivity contribution in [1.29, 1.82) is 0 Å². The van der Waals surface area contributed by atoms with Gasteiger partial charge in [0.2, 0.25) is 0 Å². The summed E-state index contributed by atoms with van der Waals surface area (Å²) < 4.78 is 0. The van der Waals surface area contributed by atoms with Gasteiger partial charge in [0.25, 0.3) is 5.91 Å². The summed E-state index contributed by atoms with van der Waals surface area (Å²) in [7, 11) is 0. The molecule has 2 aromatic heterocycles. The quantitative estimate of drug-likeness (QED) is 0.520. The summed E-state index contributed by atoms with van der Waals surface area (Å²) in [6.45, 7) is 4.79. The highest BCUT2D eigenvalue weighted by Gasteiger charge is 2.28. The molecular weight excluding hydrogens is 440 g/mol. The van der Waals surface area contributed by atoms with E-state index in [1.165, 1.54) is 0 Å². The number of nitrogens with one attached hydrogen (secondary N) is 1. The van der Waals surface area contributed by atoms with Crippen molar-refractivity contribution >= 4 is 46.7 Å². The standard InChI is InChI=1S/C25H28N4O3.ClH/c1-3-19-6-4-5-13-29(19)25(32)21-15-26-24-20(12-7-16(2)27-24)23(21)28-18-10-8-17(9-11-18)14-22(30)31;/h7-12,15,19H,3-6,13-14H2,1-2H3,(H,30,31)(H,26,27,28);1H. The van der Waals surface area contributed by atoms with E-state index in [2.05, 4.69) is 22.2 Å². The molecule has 1 fully saturated rings. The number of carboxylic acids is 1. The highest BCUT2D eigenvalue weighted by atomic mass is 35.5. The van der Waals surface area contributed by atoms with Crippen LogP contribution < -0.4 is 5.32 Å². The number of carbonyl (C=O) groups excluding carboxylic acids is 1. The van der Waals surface area contributed by atoms with Gasteiger partial charge in [0, 0.05) is 35.6 Å². The molecule has 4 rings (SSSR count). The lowest BCUT2D eigenvalue weighted by molar-refractivity contribution is -0.136. The smallest absolute Gasteiger partial charge is 0.307 e. The molecule has 1 saturated heterocycles. The zero-order valence-corrected chi connectivity index (χ0v) is 19.7. The summed E-state index contributed by atoms with van der Waals surface area (Å²) in [5.74, 6) is -0.885. The summed E-state index contributed by atoms with van der Waals surface area (Å²) in [4.78, 5) is 35.6. The fourth-order valence-electron chi connectivity index (χ4n) is 4.34. The molecule has 0 aliphatic carbocycles. The second-order valence-electron chi connectivity index (χ2n) is 8.32. The van der Waals surface area contributed by atoms with E-state index >= 15 is 0 Å². The zero-order chi connectivity index (χ0) is 22.7. The average molecular weight is 469 g/mol. The van der Waals surface area contributed by atoms with Crippen LogP contribution in [0.5, 0.6) is 0 Å². The normalized spacial score (nSPS) is 15.7. The molecule has 0 spiro atoms. The van der Waals surface area contributed by atoms with Crippen molar-refractivity contribution in [1.82, 2.24) is 14.9 Å². The van der Waals surface area contributed by atoms with Crippen LogP contribution in [0.3, 0.4) is 0 Å². The molecule has 2 N–H and O–H groups in total. The highest BCUT2D eigenvalue weighted by Crippen LogP contribution is 2.31. The van der Waals surface area contributed by atoms with E-state index in [9.17, 15) is 9.59 Å². The fourth-order valence-corrected chi connectivity index (χ4v) is 4.34. The van der Waals surface area contributed by atoms with E-state index < -0.39 is 5.97 Å².